The number of hydrogen-bond acceptors (Lipinski definition) is 5. The lowest BCUT2D eigenvalue weighted by molar-refractivity contribution is -0.139. The number of amides is 5. The van der Waals surface area contributed by atoms with Crippen molar-refractivity contribution >= 4 is 29.5 Å². The lowest BCUT2D eigenvalue weighted by Gasteiger charge is -2.26. The van der Waals surface area contributed by atoms with Crippen LogP contribution < -0.4 is 21.3 Å². The highest BCUT2D eigenvalue weighted by Crippen LogP contribution is 2.18. The molecule has 0 spiro atoms. The molecule has 10 heteroatoms. The molecule has 2 aliphatic rings. The fourth-order valence-corrected chi connectivity index (χ4v) is 3.73. The highest BCUT2D eigenvalue weighted by molar-refractivity contribution is 5.96. The minimum absolute atomic E-state index is 0.233. The molecular weight excluding hydrogens is 402 g/mol. The Balaban J connectivity index is 1.83. The molecule has 5 amide bonds. The maximum atomic E-state index is 13.0. The van der Waals surface area contributed by atoms with E-state index in [4.69, 9.17) is 0 Å². The van der Waals surface area contributed by atoms with Crippen LogP contribution in [-0.4, -0.2) is 72.2 Å². The second-order valence-corrected chi connectivity index (χ2v) is 7.72. The van der Waals surface area contributed by atoms with E-state index in [1.54, 1.807) is 0 Å². The van der Waals surface area contributed by atoms with E-state index in [9.17, 15) is 24.0 Å². The lowest BCUT2D eigenvalue weighted by atomic mass is 10.0. The topological polar surface area (TPSA) is 137 Å². The highest BCUT2D eigenvalue weighted by Gasteiger charge is 2.36. The van der Waals surface area contributed by atoms with Gasteiger partial charge in [-0.2, -0.15) is 0 Å². The highest BCUT2D eigenvalue weighted by atomic mass is 16.2. The zero-order valence-corrected chi connectivity index (χ0v) is 17.3. The van der Waals surface area contributed by atoms with Crippen molar-refractivity contribution in [2.24, 2.45) is 0 Å². The molecule has 166 valence electrons. The van der Waals surface area contributed by atoms with E-state index >= 15 is 0 Å². The van der Waals surface area contributed by atoms with Crippen molar-refractivity contribution in [3.05, 3.63) is 35.9 Å². The summed E-state index contributed by atoms with van der Waals surface area (Å²) < 4.78 is 0. The third-order valence-electron chi connectivity index (χ3n) is 5.40. The van der Waals surface area contributed by atoms with Gasteiger partial charge in [-0.3, -0.25) is 24.0 Å². The van der Waals surface area contributed by atoms with Gasteiger partial charge < -0.3 is 26.2 Å². The molecule has 2 heterocycles. The van der Waals surface area contributed by atoms with Gasteiger partial charge in [0.1, 0.15) is 18.1 Å². The smallest absolute Gasteiger partial charge is 0.243 e. The molecular formula is C21H27N5O5. The van der Waals surface area contributed by atoms with Gasteiger partial charge >= 0.3 is 0 Å². The zero-order valence-electron chi connectivity index (χ0n) is 17.3. The van der Waals surface area contributed by atoms with E-state index in [1.807, 2.05) is 30.3 Å². The van der Waals surface area contributed by atoms with Gasteiger partial charge in [-0.05, 0) is 25.3 Å². The van der Waals surface area contributed by atoms with Crippen LogP contribution in [0.25, 0.3) is 0 Å². The van der Waals surface area contributed by atoms with E-state index in [1.165, 1.54) is 11.8 Å². The Morgan fingerprint density at radius 3 is 2.35 bits per heavy atom. The predicted octanol–water partition coefficient (Wildman–Crippen LogP) is -1.54. The summed E-state index contributed by atoms with van der Waals surface area (Å²) in [6.07, 6.45) is 1.36. The van der Waals surface area contributed by atoms with Gasteiger partial charge in [0.05, 0.1) is 13.1 Å². The molecule has 3 atom stereocenters. The van der Waals surface area contributed by atoms with Crippen molar-refractivity contribution in [2.75, 3.05) is 19.6 Å². The van der Waals surface area contributed by atoms with E-state index in [-0.39, 0.29) is 25.4 Å². The second-order valence-electron chi connectivity index (χ2n) is 7.72. The van der Waals surface area contributed by atoms with Gasteiger partial charge in [0.25, 0.3) is 0 Å². The number of nitrogens with zero attached hydrogens (tertiary/aromatic N) is 1. The maximum Gasteiger partial charge on any atom is 0.243 e. The van der Waals surface area contributed by atoms with Crippen molar-refractivity contribution in [3.63, 3.8) is 0 Å². The Labute approximate surface area is 180 Å². The van der Waals surface area contributed by atoms with Crippen LogP contribution in [0.2, 0.25) is 0 Å². The molecule has 10 nitrogen and oxygen atoms in total. The largest absolute Gasteiger partial charge is 0.345 e. The van der Waals surface area contributed by atoms with Crippen molar-refractivity contribution in [2.45, 2.75) is 44.3 Å². The zero-order chi connectivity index (χ0) is 22.4. The summed E-state index contributed by atoms with van der Waals surface area (Å²) >= 11 is 0. The molecule has 0 aliphatic carbocycles. The van der Waals surface area contributed by atoms with Gasteiger partial charge in [-0.25, -0.2) is 0 Å². The molecule has 2 saturated heterocycles. The number of rotatable bonds is 2. The summed E-state index contributed by atoms with van der Waals surface area (Å²) in [5, 5.41) is 10.2. The van der Waals surface area contributed by atoms with Gasteiger partial charge in [-0.15, -0.1) is 0 Å². The Morgan fingerprint density at radius 2 is 1.61 bits per heavy atom. The van der Waals surface area contributed by atoms with Crippen molar-refractivity contribution < 1.29 is 24.0 Å². The van der Waals surface area contributed by atoms with Crippen LogP contribution in [0, 0.1) is 0 Å². The molecule has 0 bridgehead atoms. The van der Waals surface area contributed by atoms with Crippen LogP contribution in [-0.2, 0) is 30.4 Å². The molecule has 2 fully saturated rings. The molecule has 0 saturated carbocycles. The molecule has 1 aromatic carbocycles. The summed E-state index contributed by atoms with van der Waals surface area (Å²) in [6.45, 7) is 1.27. The number of carbonyl (C=O) groups excluding carboxylic acids is 5. The molecule has 0 aromatic heterocycles. The standard InChI is InChI=1S/C21H27N5O5/c1-13-19(29)23-12-18(28)26-9-5-8-16(26)21(31)25-15(10-14-6-3-2-4-7-14)20(30)22-11-17(27)24-13/h2-4,6-7,13,15-16H,5,8-12H2,1H3,(H,22,30)(H,23,29)(H,24,27)(H,25,31)/t13-,15+,16-/m0/s1. The average molecular weight is 429 g/mol. The van der Waals surface area contributed by atoms with E-state index < -0.39 is 41.8 Å². The summed E-state index contributed by atoms with van der Waals surface area (Å²) in [6, 6.07) is 6.69. The lowest BCUT2D eigenvalue weighted by Crippen LogP contribution is -2.55. The predicted molar refractivity (Wildman–Crippen MR) is 110 cm³/mol. The Bertz CT molecular complexity index is 859. The van der Waals surface area contributed by atoms with Crippen molar-refractivity contribution in [1.29, 1.82) is 0 Å². The quantitative estimate of drug-likeness (QED) is 0.452. The molecule has 3 rings (SSSR count). The Hall–Kier alpha value is -3.43. The Kier molecular flexibility index (Phi) is 7.22. The summed E-state index contributed by atoms with van der Waals surface area (Å²) in [5.74, 6) is -2.41. The van der Waals surface area contributed by atoms with E-state index in [0.29, 0.717) is 19.4 Å². The van der Waals surface area contributed by atoms with Gasteiger partial charge in [0, 0.05) is 13.0 Å². The molecule has 31 heavy (non-hydrogen) atoms. The minimum atomic E-state index is -0.914. The minimum Gasteiger partial charge on any atom is -0.345 e. The number of carbonyl (C=O) groups is 5. The molecule has 1 aromatic rings. The number of hydrogen-bond donors (Lipinski definition) is 4. The number of benzene rings is 1. The van der Waals surface area contributed by atoms with Crippen molar-refractivity contribution in [3.8, 4) is 0 Å². The molecule has 0 unspecified atom stereocenters. The third-order valence-corrected chi connectivity index (χ3v) is 5.40. The number of fused-ring (bicyclic) bond motifs is 1. The first-order valence-corrected chi connectivity index (χ1v) is 10.3. The van der Waals surface area contributed by atoms with Crippen LogP contribution >= 0.6 is 0 Å². The monoisotopic (exact) mass is 429 g/mol. The van der Waals surface area contributed by atoms with E-state index in [2.05, 4.69) is 21.3 Å². The van der Waals surface area contributed by atoms with Gasteiger partial charge in [0.15, 0.2) is 0 Å². The first-order chi connectivity index (χ1) is 14.8. The first-order valence-electron chi connectivity index (χ1n) is 10.3. The van der Waals surface area contributed by atoms with Crippen LogP contribution in [0.4, 0.5) is 0 Å². The Morgan fingerprint density at radius 1 is 0.903 bits per heavy atom. The number of nitrogens with one attached hydrogen (secondary N) is 4. The van der Waals surface area contributed by atoms with Crippen molar-refractivity contribution in [1.82, 2.24) is 26.2 Å². The van der Waals surface area contributed by atoms with E-state index in [0.717, 1.165) is 5.56 Å². The third kappa shape index (κ3) is 5.80. The summed E-state index contributed by atoms with van der Waals surface area (Å²) in [4.78, 5) is 64.0. The average Bonchev–Trinajstić information content (AvgIpc) is 3.25. The molecule has 2 aliphatic heterocycles. The molecule has 0 radical (unpaired) electrons. The van der Waals surface area contributed by atoms with Crippen LogP contribution in [0.5, 0.6) is 0 Å². The fraction of sp³-hybridized carbons (Fsp3) is 0.476. The van der Waals surface area contributed by atoms with Crippen LogP contribution in [0.15, 0.2) is 30.3 Å². The summed E-state index contributed by atoms with van der Waals surface area (Å²) in [7, 11) is 0. The molecule has 4 N–H and O–H groups in total. The normalized spacial score (nSPS) is 26.0. The summed E-state index contributed by atoms with van der Waals surface area (Å²) in [5.41, 5.74) is 0.841. The van der Waals surface area contributed by atoms with Crippen LogP contribution in [0.3, 0.4) is 0 Å². The maximum absolute atomic E-state index is 13.0. The SMILES string of the molecule is C[C@@H]1NC(=O)CNC(=O)[C@@H](Cc2ccccc2)NC(=O)[C@@H]2CCCN2C(=O)CNC1=O. The first kappa shape index (κ1) is 22.3. The van der Waals surface area contributed by atoms with Gasteiger partial charge in [-0.1, -0.05) is 30.3 Å². The van der Waals surface area contributed by atoms with Crippen LogP contribution in [0.1, 0.15) is 25.3 Å². The van der Waals surface area contributed by atoms with Gasteiger partial charge in [0.2, 0.25) is 29.5 Å². The fourth-order valence-electron chi connectivity index (χ4n) is 3.73. The second kappa shape index (κ2) is 10.1.